The third kappa shape index (κ3) is 15.3. The van der Waals surface area contributed by atoms with Gasteiger partial charge in [0.2, 0.25) is 5.91 Å². The number of ether oxygens (including phenoxy) is 1. The quantitative estimate of drug-likeness (QED) is 0.383. The van der Waals surface area contributed by atoms with Crippen LogP contribution in [0.15, 0.2) is 0 Å². The Morgan fingerprint density at radius 2 is 1.41 bits per heavy atom. The van der Waals surface area contributed by atoms with E-state index in [1.54, 1.807) is 0 Å². The molecule has 4 heteroatoms. The van der Waals surface area contributed by atoms with Gasteiger partial charge in [0.05, 0.1) is 12.5 Å². The molecule has 0 fully saturated rings. The van der Waals surface area contributed by atoms with Crippen molar-refractivity contribution in [3.8, 4) is 0 Å². The van der Waals surface area contributed by atoms with Crippen molar-refractivity contribution in [2.75, 3.05) is 6.54 Å². The van der Waals surface area contributed by atoms with E-state index in [-0.39, 0.29) is 24.4 Å². The minimum Gasteiger partial charge on any atom is -0.463 e. The molecule has 0 aromatic rings. The molecule has 0 unspecified atom stereocenters. The molecule has 0 bridgehead atoms. The van der Waals surface area contributed by atoms with Crippen molar-refractivity contribution in [2.24, 2.45) is 0 Å². The maximum Gasteiger partial charge on any atom is 0.307 e. The molecule has 0 saturated heterocycles. The van der Waals surface area contributed by atoms with Gasteiger partial charge in [-0.15, -0.1) is 0 Å². The van der Waals surface area contributed by atoms with Crippen LogP contribution in [0.5, 0.6) is 0 Å². The Kier molecular flexibility index (Phi) is 14.1. The number of carbonyl (C=O) groups excluding carboxylic acids is 2. The summed E-state index contributed by atoms with van der Waals surface area (Å²) >= 11 is 0. The predicted molar refractivity (Wildman–Crippen MR) is 90.7 cm³/mol. The normalized spacial score (nSPS) is 10.7. The zero-order valence-electron chi connectivity index (χ0n) is 14.8. The van der Waals surface area contributed by atoms with E-state index in [9.17, 15) is 9.59 Å². The third-order valence-corrected chi connectivity index (χ3v) is 3.53. The number of unbranched alkanes of at least 4 members (excludes halogenated alkanes) is 8. The lowest BCUT2D eigenvalue weighted by molar-refractivity contribution is -0.147. The summed E-state index contributed by atoms with van der Waals surface area (Å²) in [7, 11) is 0. The summed E-state index contributed by atoms with van der Waals surface area (Å²) in [5.74, 6) is -0.210. The van der Waals surface area contributed by atoms with E-state index in [2.05, 4.69) is 12.2 Å². The van der Waals surface area contributed by atoms with E-state index in [0.717, 1.165) is 12.8 Å². The SMILES string of the molecule is CCCCCCCCCCCC(=O)NCCC(=O)OC(C)C. The van der Waals surface area contributed by atoms with Crippen molar-refractivity contribution < 1.29 is 14.3 Å². The summed E-state index contributed by atoms with van der Waals surface area (Å²) in [5.41, 5.74) is 0. The van der Waals surface area contributed by atoms with Crippen LogP contribution in [0.2, 0.25) is 0 Å². The molecule has 130 valence electrons. The van der Waals surface area contributed by atoms with Crippen molar-refractivity contribution in [3.63, 3.8) is 0 Å². The van der Waals surface area contributed by atoms with Crippen LogP contribution in [-0.4, -0.2) is 24.5 Å². The van der Waals surface area contributed by atoms with Gasteiger partial charge in [-0.05, 0) is 20.3 Å². The molecule has 0 aliphatic heterocycles. The number of carbonyl (C=O) groups is 2. The Bertz CT molecular complexity index is 290. The average Bonchev–Trinajstić information content (AvgIpc) is 2.44. The molecule has 0 rings (SSSR count). The van der Waals surface area contributed by atoms with Crippen LogP contribution in [0, 0.1) is 0 Å². The monoisotopic (exact) mass is 313 g/mol. The van der Waals surface area contributed by atoms with Gasteiger partial charge in [-0.2, -0.15) is 0 Å². The maximum absolute atomic E-state index is 11.6. The largest absolute Gasteiger partial charge is 0.463 e. The average molecular weight is 313 g/mol. The molecule has 0 aromatic carbocycles. The first-order chi connectivity index (χ1) is 10.6. The Hall–Kier alpha value is -1.06. The zero-order valence-corrected chi connectivity index (χ0v) is 14.8. The van der Waals surface area contributed by atoms with Crippen LogP contribution in [0.1, 0.15) is 91.4 Å². The second-order valence-electron chi connectivity index (χ2n) is 6.22. The molecule has 0 aliphatic rings. The van der Waals surface area contributed by atoms with Gasteiger partial charge in [0.1, 0.15) is 0 Å². The van der Waals surface area contributed by atoms with Crippen molar-refractivity contribution in [2.45, 2.75) is 97.5 Å². The Labute approximate surface area is 136 Å². The second-order valence-corrected chi connectivity index (χ2v) is 6.22. The molecule has 22 heavy (non-hydrogen) atoms. The van der Waals surface area contributed by atoms with Gasteiger partial charge in [0.25, 0.3) is 0 Å². The molecule has 4 nitrogen and oxygen atoms in total. The summed E-state index contributed by atoms with van der Waals surface area (Å²) in [5, 5.41) is 2.77. The smallest absolute Gasteiger partial charge is 0.307 e. The standard InChI is InChI=1S/C18H35NO3/c1-4-5-6-7-8-9-10-11-12-13-17(20)19-15-14-18(21)22-16(2)3/h16H,4-15H2,1-3H3,(H,19,20). The highest BCUT2D eigenvalue weighted by atomic mass is 16.5. The van der Waals surface area contributed by atoms with Crippen LogP contribution in [-0.2, 0) is 14.3 Å². The van der Waals surface area contributed by atoms with E-state index < -0.39 is 0 Å². The molecule has 1 N–H and O–H groups in total. The highest BCUT2D eigenvalue weighted by molar-refractivity contribution is 5.77. The fraction of sp³-hybridized carbons (Fsp3) is 0.889. The molecule has 1 amide bonds. The van der Waals surface area contributed by atoms with Crippen molar-refractivity contribution in [1.82, 2.24) is 5.32 Å². The summed E-state index contributed by atoms with van der Waals surface area (Å²) in [6, 6.07) is 0. The fourth-order valence-corrected chi connectivity index (χ4v) is 2.31. The Morgan fingerprint density at radius 1 is 0.864 bits per heavy atom. The second kappa shape index (κ2) is 14.9. The predicted octanol–water partition coefficient (Wildman–Crippen LogP) is 4.37. The van der Waals surface area contributed by atoms with Gasteiger partial charge < -0.3 is 10.1 Å². The molecule has 0 aromatic heterocycles. The molecular weight excluding hydrogens is 278 g/mol. The molecule has 0 aliphatic carbocycles. The fourth-order valence-electron chi connectivity index (χ4n) is 2.31. The van der Waals surface area contributed by atoms with Crippen molar-refractivity contribution in [1.29, 1.82) is 0 Å². The first-order valence-corrected chi connectivity index (χ1v) is 9.02. The van der Waals surface area contributed by atoms with Gasteiger partial charge >= 0.3 is 5.97 Å². The Morgan fingerprint density at radius 3 is 1.95 bits per heavy atom. The van der Waals surface area contributed by atoms with Gasteiger partial charge in [-0.3, -0.25) is 9.59 Å². The molecular formula is C18H35NO3. The summed E-state index contributed by atoms with van der Waals surface area (Å²) in [6.45, 7) is 6.25. The number of esters is 1. The summed E-state index contributed by atoms with van der Waals surface area (Å²) in [4.78, 5) is 22.9. The summed E-state index contributed by atoms with van der Waals surface area (Å²) in [6.07, 6.45) is 12.0. The van der Waals surface area contributed by atoms with Gasteiger partial charge in [-0.1, -0.05) is 58.3 Å². The van der Waals surface area contributed by atoms with Gasteiger partial charge in [-0.25, -0.2) is 0 Å². The lowest BCUT2D eigenvalue weighted by Gasteiger charge is -2.08. The first kappa shape index (κ1) is 20.9. The molecule has 0 saturated carbocycles. The molecule has 0 spiro atoms. The topological polar surface area (TPSA) is 55.4 Å². The minimum absolute atomic E-state index is 0.0419. The Balaban J connectivity index is 3.31. The maximum atomic E-state index is 11.6. The number of hydrogen-bond acceptors (Lipinski definition) is 3. The van der Waals surface area contributed by atoms with Crippen LogP contribution in [0.3, 0.4) is 0 Å². The first-order valence-electron chi connectivity index (χ1n) is 9.02. The van der Waals surface area contributed by atoms with Gasteiger partial charge in [0.15, 0.2) is 0 Å². The summed E-state index contributed by atoms with van der Waals surface area (Å²) < 4.78 is 5.00. The van der Waals surface area contributed by atoms with E-state index in [1.807, 2.05) is 13.8 Å². The number of nitrogens with one attached hydrogen (secondary N) is 1. The number of rotatable bonds is 14. The third-order valence-electron chi connectivity index (χ3n) is 3.53. The van der Waals surface area contributed by atoms with Crippen molar-refractivity contribution >= 4 is 11.9 Å². The number of amides is 1. The zero-order chi connectivity index (χ0) is 16.6. The van der Waals surface area contributed by atoms with Crippen LogP contribution >= 0.6 is 0 Å². The molecule has 0 heterocycles. The minimum atomic E-state index is -0.252. The number of hydrogen-bond donors (Lipinski definition) is 1. The lowest BCUT2D eigenvalue weighted by Crippen LogP contribution is -2.26. The van der Waals surface area contributed by atoms with E-state index in [4.69, 9.17) is 4.74 Å². The van der Waals surface area contributed by atoms with Crippen LogP contribution in [0.25, 0.3) is 0 Å². The molecule has 0 radical (unpaired) electrons. The highest BCUT2D eigenvalue weighted by Gasteiger charge is 2.06. The van der Waals surface area contributed by atoms with Crippen molar-refractivity contribution in [3.05, 3.63) is 0 Å². The highest BCUT2D eigenvalue weighted by Crippen LogP contribution is 2.10. The van der Waals surface area contributed by atoms with E-state index in [1.165, 1.54) is 44.9 Å². The lowest BCUT2D eigenvalue weighted by atomic mass is 10.1. The van der Waals surface area contributed by atoms with E-state index >= 15 is 0 Å². The van der Waals surface area contributed by atoms with Crippen LogP contribution < -0.4 is 5.32 Å². The van der Waals surface area contributed by atoms with Crippen LogP contribution in [0.4, 0.5) is 0 Å². The molecule has 0 atom stereocenters. The van der Waals surface area contributed by atoms with Gasteiger partial charge in [0, 0.05) is 13.0 Å². The van der Waals surface area contributed by atoms with E-state index in [0.29, 0.717) is 13.0 Å².